The van der Waals surface area contributed by atoms with Gasteiger partial charge in [-0.25, -0.2) is 0 Å². The molecule has 0 radical (unpaired) electrons. The van der Waals surface area contributed by atoms with Crippen LogP contribution in [0.15, 0.2) is 42.5 Å². The van der Waals surface area contributed by atoms with Gasteiger partial charge in [0.05, 0.1) is 0 Å². The molecule has 132 valence electrons. The topological polar surface area (TPSA) is 56.8 Å². The third-order valence-electron chi connectivity index (χ3n) is 3.64. The zero-order valence-corrected chi connectivity index (χ0v) is 14.9. The van der Waals surface area contributed by atoms with Crippen LogP contribution in [0.2, 0.25) is 0 Å². The van der Waals surface area contributed by atoms with Crippen molar-refractivity contribution in [2.24, 2.45) is 0 Å². The number of hydrogen-bond donors (Lipinski definition) is 1. The fourth-order valence-electron chi connectivity index (χ4n) is 2.40. The Kier molecular flexibility index (Phi) is 6.06. The first kappa shape index (κ1) is 17.5. The number of hydrogen-bond acceptors (Lipinski definition) is 5. The molecular weight excluding hydrogens is 338 g/mol. The molecule has 2 aromatic carbocycles. The van der Waals surface area contributed by atoms with Gasteiger partial charge in [-0.05, 0) is 35.6 Å². The second-order valence-corrected chi connectivity index (χ2v) is 6.89. The van der Waals surface area contributed by atoms with E-state index in [1.165, 1.54) is 0 Å². The number of thioether (sulfide) groups is 1. The van der Waals surface area contributed by atoms with Crippen LogP contribution in [0.25, 0.3) is 0 Å². The van der Waals surface area contributed by atoms with Crippen molar-refractivity contribution in [3.8, 4) is 17.2 Å². The molecular formula is C19H21NO4S. The highest BCUT2D eigenvalue weighted by Gasteiger charge is 2.13. The number of ether oxygens (including phenoxy) is 3. The lowest BCUT2D eigenvalue weighted by Crippen LogP contribution is -2.12. The van der Waals surface area contributed by atoms with E-state index in [2.05, 4.69) is 12.2 Å². The van der Waals surface area contributed by atoms with Gasteiger partial charge in [-0.15, -0.1) is 0 Å². The molecule has 0 aromatic heterocycles. The van der Waals surface area contributed by atoms with E-state index in [1.807, 2.05) is 42.5 Å². The lowest BCUT2D eigenvalue weighted by molar-refractivity contribution is -0.115. The summed E-state index contributed by atoms with van der Waals surface area (Å²) in [5.41, 5.74) is 1.77. The highest BCUT2D eigenvalue weighted by molar-refractivity contribution is 7.99. The van der Waals surface area contributed by atoms with Crippen LogP contribution < -0.4 is 19.5 Å². The minimum Gasteiger partial charge on any atom is -0.489 e. The van der Waals surface area contributed by atoms with Crippen molar-refractivity contribution in [3.63, 3.8) is 0 Å². The third-order valence-corrected chi connectivity index (χ3v) is 4.54. The zero-order valence-electron chi connectivity index (χ0n) is 14.1. The van der Waals surface area contributed by atoms with Crippen LogP contribution in [-0.2, 0) is 11.4 Å². The molecule has 0 aliphatic carbocycles. The first-order chi connectivity index (χ1) is 12.2. The van der Waals surface area contributed by atoms with Crippen molar-refractivity contribution in [1.82, 2.24) is 0 Å². The molecule has 1 heterocycles. The fourth-order valence-corrected chi connectivity index (χ4v) is 3.02. The Morgan fingerprint density at radius 1 is 1.20 bits per heavy atom. The van der Waals surface area contributed by atoms with E-state index in [4.69, 9.17) is 14.2 Å². The second kappa shape index (κ2) is 8.67. The van der Waals surface area contributed by atoms with Crippen LogP contribution in [0, 0.1) is 0 Å². The SMILES string of the molecule is CCSCCC(=O)Nc1cccc(COc2ccc3c(c2)OCO3)c1. The van der Waals surface area contributed by atoms with Crippen molar-refractivity contribution < 1.29 is 19.0 Å². The van der Waals surface area contributed by atoms with E-state index >= 15 is 0 Å². The van der Waals surface area contributed by atoms with Crippen molar-refractivity contribution >= 4 is 23.4 Å². The maximum absolute atomic E-state index is 11.9. The molecule has 2 aromatic rings. The quantitative estimate of drug-likeness (QED) is 0.720. The van der Waals surface area contributed by atoms with Crippen molar-refractivity contribution in [2.75, 3.05) is 23.6 Å². The Hall–Kier alpha value is -2.34. The Morgan fingerprint density at radius 3 is 2.96 bits per heavy atom. The summed E-state index contributed by atoms with van der Waals surface area (Å²) in [6, 6.07) is 13.2. The molecule has 0 fully saturated rings. The monoisotopic (exact) mass is 359 g/mol. The highest BCUT2D eigenvalue weighted by Crippen LogP contribution is 2.35. The summed E-state index contributed by atoms with van der Waals surface area (Å²) < 4.78 is 16.4. The lowest BCUT2D eigenvalue weighted by Gasteiger charge is -2.09. The number of anilines is 1. The van der Waals surface area contributed by atoms with Crippen LogP contribution in [0.3, 0.4) is 0 Å². The average Bonchev–Trinajstić information content (AvgIpc) is 3.08. The second-order valence-electron chi connectivity index (χ2n) is 5.50. The lowest BCUT2D eigenvalue weighted by atomic mass is 10.2. The molecule has 0 saturated heterocycles. The normalized spacial score (nSPS) is 12.0. The van der Waals surface area contributed by atoms with Gasteiger partial charge in [0, 0.05) is 23.9 Å². The van der Waals surface area contributed by atoms with E-state index in [0.717, 1.165) is 34.3 Å². The molecule has 0 spiro atoms. The summed E-state index contributed by atoms with van der Waals surface area (Å²) in [5, 5.41) is 2.93. The van der Waals surface area contributed by atoms with Crippen LogP contribution in [0.1, 0.15) is 18.9 Å². The van der Waals surface area contributed by atoms with Gasteiger partial charge in [0.15, 0.2) is 11.5 Å². The third kappa shape index (κ3) is 5.06. The molecule has 3 rings (SSSR count). The number of rotatable bonds is 8. The zero-order chi connectivity index (χ0) is 17.5. The van der Waals surface area contributed by atoms with E-state index in [0.29, 0.717) is 18.8 Å². The maximum atomic E-state index is 11.9. The number of benzene rings is 2. The van der Waals surface area contributed by atoms with Crippen molar-refractivity contribution in [1.29, 1.82) is 0 Å². The minimum absolute atomic E-state index is 0.0368. The predicted molar refractivity (Wildman–Crippen MR) is 99.6 cm³/mol. The van der Waals surface area contributed by atoms with Gasteiger partial charge in [0.1, 0.15) is 12.4 Å². The summed E-state index contributed by atoms with van der Waals surface area (Å²) >= 11 is 1.76. The summed E-state index contributed by atoms with van der Waals surface area (Å²) in [6.45, 7) is 2.75. The van der Waals surface area contributed by atoms with Gasteiger partial charge in [0.25, 0.3) is 0 Å². The van der Waals surface area contributed by atoms with Crippen LogP contribution in [-0.4, -0.2) is 24.2 Å². The Morgan fingerprint density at radius 2 is 2.08 bits per heavy atom. The van der Waals surface area contributed by atoms with Gasteiger partial charge in [-0.3, -0.25) is 4.79 Å². The summed E-state index contributed by atoms with van der Waals surface area (Å²) in [7, 11) is 0. The average molecular weight is 359 g/mol. The van der Waals surface area contributed by atoms with Gasteiger partial charge in [-0.2, -0.15) is 11.8 Å². The van der Waals surface area contributed by atoms with Crippen molar-refractivity contribution in [2.45, 2.75) is 20.0 Å². The highest BCUT2D eigenvalue weighted by atomic mass is 32.2. The van der Waals surface area contributed by atoms with E-state index < -0.39 is 0 Å². The molecule has 25 heavy (non-hydrogen) atoms. The molecule has 0 atom stereocenters. The molecule has 0 unspecified atom stereocenters. The van der Waals surface area contributed by atoms with Crippen molar-refractivity contribution in [3.05, 3.63) is 48.0 Å². The molecule has 1 amide bonds. The standard InChI is InChI=1S/C19H21NO4S/c1-2-25-9-8-19(21)20-15-5-3-4-14(10-15)12-22-16-6-7-17-18(11-16)24-13-23-17/h3-7,10-11H,2,8-9,12-13H2,1H3,(H,20,21). The molecule has 1 aliphatic heterocycles. The summed E-state index contributed by atoms with van der Waals surface area (Å²) in [6.07, 6.45) is 0.524. The number of carbonyl (C=O) groups is 1. The van der Waals surface area contributed by atoms with Crippen LogP contribution in [0.4, 0.5) is 5.69 Å². The van der Waals surface area contributed by atoms with Gasteiger partial charge < -0.3 is 19.5 Å². The Balaban J connectivity index is 1.54. The van der Waals surface area contributed by atoms with Crippen LogP contribution in [0.5, 0.6) is 17.2 Å². The smallest absolute Gasteiger partial charge is 0.231 e. The largest absolute Gasteiger partial charge is 0.489 e. The van der Waals surface area contributed by atoms with E-state index in [-0.39, 0.29) is 12.7 Å². The number of carbonyl (C=O) groups excluding carboxylic acids is 1. The predicted octanol–water partition coefficient (Wildman–Crippen LogP) is 4.08. The number of amides is 1. The van der Waals surface area contributed by atoms with Gasteiger partial charge in [0.2, 0.25) is 12.7 Å². The molecule has 0 bridgehead atoms. The molecule has 5 nitrogen and oxygen atoms in total. The Bertz CT molecular complexity index is 735. The van der Waals surface area contributed by atoms with E-state index in [9.17, 15) is 4.79 Å². The molecule has 1 N–H and O–H groups in total. The van der Waals surface area contributed by atoms with Crippen LogP contribution >= 0.6 is 11.8 Å². The van der Waals surface area contributed by atoms with Gasteiger partial charge in [-0.1, -0.05) is 19.1 Å². The fraction of sp³-hybridized carbons (Fsp3) is 0.316. The molecule has 1 aliphatic rings. The number of fused-ring (bicyclic) bond motifs is 1. The molecule has 6 heteroatoms. The van der Waals surface area contributed by atoms with Gasteiger partial charge >= 0.3 is 0 Å². The number of nitrogens with one attached hydrogen (secondary N) is 1. The van der Waals surface area contributed by atoms with E-state index in [1.54, 1.807) is 11.8 Å². The summed E-state index contributed by atoms with van der Waals surface area (Å²) in [5.74, 6) is 4.06. The molecule has 0 saturated carbocycles. The first-order valence-corrected chi connectivity index (χ1v) is 9.39. The summed E-state index contributed by atoms with van der Waals surface area (Å²) in [4.78, 5) is 11.9. The first-order valence-electron chi connectivity index (χ1n) is 8.23. The maximum Gasteiger partial charge on any atom is 0.231 e. The Labute approximate surface area is 151 Å². The minimum atomic E-state index is 0.0368.